The summed E-state index contributed by atoms with van der Waals surface area (Å²) in [6.45, 7) is 0. The molecule has 0 aromatic heterocycles. The Kier molecular flexibility index (Phi) is 4.00. The Labute approximate surface area is 113 Å². The fourth-order valence-electron chi connectivity index (χ4n) is 1.68. The van der Waals surface area contributed by atoms with E-state index in [1.165, 1.54) is 24.3 Å². The van der Waals surface area contributed by atoms with E-state index in [0.717, 1.165) is 0 Å². The SMILES string of the molecule is Fc1ccccc1C(=C(Cl)Cl)c1ccccc1F. The van der Waals surface area contributed by atoms with Crippen molar-refractivity contribution >= 4 is 28.8 Å². The first-order valence-electron chi connectivity index (χ1n) is 5.16. The molecule has 0 nitrogen and oxygen atoms in total. The second-order valence-electron chi connectivity index (χ2n) is 3.60. The molecule has 92 valence electrons. The number of hydrogen-bond acceptors (Lipinski definition) is 0. The van der Waals surface area contributed by atoms with Gasteiger partial charge in [0.25, 0.3) is 0 Å². The lowest BCUT2D eigenvalue weighted by atomic mass is 9.98. The number of rotatable bonds is 2. The zero-order valence-corrected chi connectivity index (χ0v) is 10.6. The van der Waals surface area contributed by atoms with E-state index in [1.54, 1.807) is 24.3 Å². The Morgan fingerprint density at radius 1 is 0.722 bits per heavy atom. The van der Waals surface area contributed by atoms with Crippen LogP contribution >= 0.6 is 23.2 Å². The molecule has 0 atom stereocenters. The molecular formula is C14H8Cl2F2. The molecule has 0 N–H and O–H groups in total. The van der Waals surface area contributed by atoms with Crippen LogP contribution in [0.15, 0.2) is 53.0 Å². The van der Waals surface area contributed by atoms with Crippen LogP contribution in [0, 0.1) is 11.6 Å². The second-order valence-corrected chi connectivity index (χ2v) is 4.54. The van der Waals surface area contributed by atoms with E-state index < -0.39 is 11.6 Å². The van der Waals surface area contributed by atoms with Crippen molar-refractivity contribution in [3.63, 3.8) is 0 Å². The highest BCUT2D eigenvalue weighted by molar-refractivity contribution is 6.59. The molecule has 0 bridgehead atoms. The first kappa shape index (κ1) is 13.1. The summed E-state index contributed by atoms with van der Waals surface area (Å²) in [4.78, 5) is 0. The molecule has 0 radical (unpaired) electrons. The van der Waals surface area contributed by atoms with Crippen molar-refractivity contribution < 1.29 is 8.78 Å². The van der Waals surface area contributed by atoms with Gasteiger partial charge in [-0.1, -0.05) is 59.6 Å². The van der Waals surface area contributed by atoms with Crippen molar-refractivity contribution in [2.24, 2.45) is 0 Å². The largest absolute Gasteiger partial charge is 0.206 e. The zero-order valence-electron chi connectivity index (χ0n) is 9.13. The van der Waals surface area contributed by atoms with Gasteiger partial charge in [-0.05, 0) is 12.1 Å². The summed E-state index contributed by atoms with van der Waals surface area (Å²) in [5.41, 5.74) is 0.486. The summed E-state index contributed by atoms with van der Waals surface area (Å²) >= 11 is 11.5. The van der Waals surface area contributed by atoms with Gasteiger partial charge in [0.1, 0.15) is 16.1 Å². The van der Waals surface area contributed by atoms with Crippen molar-refractivity contribution in [3.8, 4) is 0 Å². The molecule has 18 heavy (non-hydrogen) atoms. The molecule has 0 aliphatic carbocycles. The molecule has 0 saturated heterocycles. The Balaban J connectivity index is 2.68. The lowest BCUT2D eigenvalue weighted by Crippen LogP contribution is -1.95. The van der Waals surface area contributed by atoms with Gasteiger partial charge in [-0.3, -0.25) is 0 Å². The summed E-state index contributed by atoms with van der Waals surface area (Å²) in [7, 11) is 0. The topological polar surface area (TPSA) is 0 Å². The second kappa shape index (κ2) is 5.51. The molecule has 0 amide bonds. The Morgan fingerprint density at radius 2 is 1.11 bits per heavy atom. The van der Waals surface area contributed by atoms with Gasteiger partial charge < -0.3 is 0 Å². The molecule has 2 aromatic carbocycles. The molecule has 0 fully saturated rings. The number of hydrogen-bond donors (Lipinski definition) is 0. The van der Waals surface area contributed by atoms with E-state index in [1.807, 2.05) is 0 Å². The third kappa shape index (κ3) is 2.55. The van der Waals surface area contributed by atoms with Crippen molar-refractivity contribution in [1.29, 1.82) is 0 Å². The van der Waals surface area contributed by atoms with Crippen LogP contribution in [0.5, 0.6) is 0 Å². The summed E-state index contributed by atoms with van der Waals surface area (Å²) in [5.74, 6) is -1.01. The molecule has 0 aliphatic rings. The van der Waals surface area contributed by atoms with E-state index in [2.05, 4.69) is 0 Å². The molecule has 0 aliphatic heterocycles. The minimum Gasteiger partial charge on any atom is -0.206 e. The van der Waals surface area contributed by atoms with E-state index in [-0.39, 0.29) is 21.2 Å². The number of halogens is 4. The first-order valence-corrected chi connectivity index (χ1v) is 5.92. The van der Waals surface area contributed by atoms with Gasteiger partial charge >= 0.3 is 0 Å². The molecule has 0 saturated carbocycles. The van der Waals surface area contributed by atoms with Crippen LogP contribution in [0.3, 0.4) is 0 Å². The molecular weight excluding hydrogens is 277 g/mol. The standard InChI is InChI=1S/C14H8Cl2F2/c15-14(16)13(9-5-1-3-7-11(9)17)10-6-2-4-8-12(10)18/h1-8H. The Morgan fingerprint density at radius 3 is 1.44 bits per heavy atom. The van der Waals surface area contributed by atoms with E-state index in [9.17, 15) is 8.78 Å². The van der Waals surface area contributed by atoms with Crippen LogP contribution in [0.1, 0.15) is 11.1 Å². The molecule has 0 unspecified atom stereocenters. The predicted octanol–water partition coefficient (Wildman–Crippen LogP) is 5.16. The molecule has 0 heterocycles. The lowest BCUT2D eigenvalue weighted by molar-refractivity contribution is 0.618. The van der Waals surface area contributed by atoms with Gasteiger partial charge in [0.15, 0.2) is 0 Å². The van der Waals surface area contributed by atoms with Gasteiger partial charge in [0.05, 0.1) is 0 Å². The summed E-state index contributed by atoms with van der Waals surface area (Å²) in [6, 6.07) is 11.9. The van der Waals surface area contributed by atoms with Crippen LogP contribution in [0.2, 0.25) is 0 Å². The van der Waals surface area contributed by atoms with Crippen LogP contribution < -0.4 is 0 Å². The normalized spacial score (nSPS) is 10.2. The van der Waals surface area contributed by atoms with Gasteiger partial charge in [-0.15, -0.1) is 0 Å². The smallest absolute Gasteiger partial charge is 0.131 e. The molecule has 4 heteroatoms. The molecule has 0 spiro atoms. The Hall–Kier alpha value is -1.38. The average molecular weight is 285 g/mol. The first-order chi connectivity index (χ1) is 8.61. The highest BCUT2D eigenvalue weighted by atomic mass is 35.5. The summed E-state index contributed by atoms with van der Waals surface area (Å²) in [6.07, 6.45) is 0. The average Bonchev–Trinajstić information content (AvgIpc) is 2.34. The maximum atomic E-state index is 13.7. The predicted molar refractivity (Wildman–Crippen MR) is 70.5 cm³/mol. The van der Waals surface area contributed by atoms with E-state index in [0.29, 0.717) is 0 Å². The van der Waals surface area contributed by atoms with Gasteiger partial charge in [-0.2, -0.15) is 0 Å². The monoisotopic (exact) mass is 284 g/mol. The molecule has 2 rings (SSSR count). The highest BCUT2D eigenvalue weighted by Crippen LogP contribution is 2.33. The third-order valence-corrected chi connectivity index (χ3v) is 2.85. The van der Waals surface area contributed by atoms with Crippen LogP contribution in [-0.2, 0) is 0 Å². The minimum atomic E-state index is -0.505. The van der Waals surface area contributed by atoms with E-state index >= 15 is 0 Å². The van der Waals surface area contributed by atoms with Crippen molar-refractivity contribution in [2.45, 2.75) is 0 Å². The highest BCUT2D eigenvalue weighted by Gasteiger charge is 2.16. The number of benzene rings is 2. The van der Waals surface area contributed by atoms with Crippen molar-refractivity contribution in [3.05, 3.63) is 75.8 Å². The minimum absolute atomic E-state index is 0.148. The van der Waals surface area contributed by atoms with Crippen molar-refractivity contribution in [2.75, 3.05) is 0 Å². The van der Waals surface area contributed by atoms with E-state index in [4.69, 9.17) is 23.2 Å². The maximum absolute atomic E-state index is 13.7. The van der Waals surface area contributed by atoms with Crippen LogP contribution in [-0.4, -0.2) is 0 Å². The van der Waals surface area contributed by atoms with Gasteiger partial charge in [0.2, 0.25) is 0 Å². The lowest BCUT2D eigenvalue weighted by Gasteiger charge is -2.10. The van der Waals surface area contributed by atoms with Gasteiger partial charge in [-0.25, -0.2) is 8.78 Å². The van der Waals surface area contributed by atoms with Gasteiger partial charge in [0, 0.05) is 16.7 Å². The fourth-order valence-corrected chi connectivity index (χ4v) is 2.08. The van der Waals surface area contributed by atoms with Crippen LogP contribution in [0.4, 0.5) is 8.78 Å². The molecule has 2 aromatic rings. The summed E-state index contributed by atoms with van der Waals surface area (Å²) < 4.78 is 27.3. The van der Waals surface area contributed by atoms with Crippen molar-refractivity contribution in [1.82, 2.24) is 0 Å². The fraction of sp³-hybridized carbons (Fsp3) is 0. The third-order valence-electron chi connectivity index (χ3n) is 2.48. The quantitative estimate of drug-likeness (QED) is 0.715. The van der Waals surface area contributed by atoms with Crippen LogP contribution in [0.25, 0.3) is 5.57 Å². The summed E-state index contributed by atoms with van der Waals surface area (Å²) in [5, 5.41) is 0. The maximum Gasteiger partial charge on any atom is 0.131 e. The Bertz CT molecular complexity index is 555. The zero-order chi connectivity index (χ0) is 13.1.